The first-order valence-electron chi connectivity index (χ1n) is 8.77. The minimum absolute atomic E-state index is 0.0841. The number of nitrogens with zero attached hydrogens (tertiary/aromatic N) is 5. The predicted molar refractivity (Wildman–Crippen MR) is 101 cm³/mol. The summed E-state index contributed by atoms with van der Waals surface area (Å²) in [5.74, 6) is 1.24. The standard InChI is InChI=1S/C19H21N5O3/c1-26-16-6-4-3-5-15(16)22-9-11-23(12-10-22)19(25)14-13-24-17(20-14)7-8-18(21-24)27-2/h3-8,13H,9-12H2,1-2H3. The van der Waals surface area contributed by atoms with Crippen LogP contribution in [0, 0.1) is 0 Å². The molecule has 0 spiro atoms. The Hall–Kier alpha value is -3.29. The maximum absolute atomic E-state index is 12.8. The fourth-order valence-corrected chi connectivity index (χ4v) is 3.28. The summed E-state index contributed by atoms with van der Waals surface area (Å²) in [6.07, 6.45) is 1.65. The first-order chi connectivity index (χ1) is 13.2. The van der Waals surface area contributed by atoms with Gasteiger partial charge in [-0.3, -0.25) is 4.79 Å². The Morgan fingerprint density at radius 3 is 2.52 bits per heavy atom. The Morgan fingerprint density at radius 1 is 1.00 bits per heavy atom. The molecule has 0 atom stereocenters. The number of methoxy groups -OCH3 is 2. The molecular weight excluding hydrogens is 346 g/mol. The molecule has 2 aromatic heterocycles. The Balaban J connectivity index is 1.47. The van der Waals surface area contributed by atoms with Gasteiger partial charge in [0, 0.05) is 32.2 Å². The molecule has 1 aliphatic rings. The lowest BCUT2D eigenvalue weighted by Crippen LogP contribution is -2.49. The molecule has 1 aliphatic heterocycles. The summed E-state index contributed by atoms with van der Waals surface area (Å²) in [5, 5.41) is 4.25. The van der Waals surface area contributed by atoms with Crippen molar-refractivity contribution < 1.29 is 14.3 Å². The van der Waals surface area contributed by atoms with Gasteiger partial charge in [-0.1, -0.05) is 12.1 Å². The van der Waals surface area contributed by atoms with Gasteiger partial charge in [-0.15, -0.1) is 5.10 Å². The molecule has 27 heavy (non-hydrogen) atoms. The van der Waals surface area contributed by atoms with Crippen molar-refractivity contribution in [3.05, 3.63) is 48.3 Å². The second-order valence-electron chi connectivity index (χ2n) is 6.26. The van der Waals surface area contributed by atoms with Crippen molar-refractivity contribution in [1.29, 1.82) is 0 Å². The van der Waals surface area contributed by atoms with Crippen molar-refractivity contribution in [3.63, 3.8) is 0 Å². The molecule has 1 amide bonds. The average Bonchev–Trinajstić information content (AvgIpc) is 3.16. The first-order valence-corrected chi connectivity index (χ1v) is 8.77. The van der Waals surface area contributed by atoms with Crippen molar-refractivity contribution in [2.75, 3.05) is 45.3 Å². The average molecular weight is 367 g/mol. The summed E-state index contributed by atoms with van der Waals surface area (Å²) < 4.78 is 12.1. The van der Waals surface area contributed by atoms with Crippen LogP contribution in [-0.2, 0) is 0 Å². The van der Waals surface area contributed by atoms with E-state index in [1.807, 2.05) is 29.2 Å². The van der Waals surface area contributed by atoms with Gasteiger partial charge in [0.2, 0.25) is 5.88 Å². The van der Waals surface area contributed by atoms with Crippen LogP contribution in [0.5, 0.6) is 11.6 Å². The van der Waals surface area contributed by atoms with E-state index in [0.717, 1.165) is 24.5 Å². The third kappa shape index (κ3) is 3.25. The number of piperazine rings is 1. The summed E-state index contributed by atoms with van der Waals surface area (Å²) in [5.41, 5.74) is 2.06. The molecule has 0 radical (unpaired) electrons. The molecular formula is C19H21N5O3. The van der Waals surface area contributed by atoms with Crippen molar-refractivity contribution in [1.82, 2.24) is 19.5 Å². The number of hydrogen-bond donors (Lipinski definition) is 0. The van der Waals surface area contributed by atoms with Crippen LogP contribution in [-0.4, -0.2) is 65.8 Å². The Bertz CT molecular complexity index is 963. The number of carbonyl (C=O) groups excluding carboxylic acids is 1. The highest BCUT2D eigenvalue weighted by atomic mass is 16.5. The number of imidazole rings is 1. The second-order valence-corrected chi connectivity index (χ2v) is 6.26. The van der Waals surface area contributed by atoms with Crippen LogP contribution >= 0.6 is 0 Å². The zero-order valence-corrected chi connectivity index (χ0v) is 15.3. The van der Waals surface area contributed by atoms with Gasteiger partial charge in [-0.2, -0.15) is 0 Å². The molecule has 0 bridgehead atoms. The van der Waals surface area contributed by atoms with E-state index >= 15 is 0 Å². The number of aromatic nitrogens is 3. The number of anilines is 1. The van der Waals surface area contributed by atoms with Crippen molar-refractivity contribution >= 4 is 17.2 Å². The summed E-state index contributed by atoms with van der Waals surface area (Å²) in [4.78, 5) is 21.3. The van der Waals surface area contributed by atoms with Crippen LogP contribution in [0.2, 0.25) is 0 Å². The zero-order valence-electron chi connectivity index (χ0n) is 15.3. The molecule has 3 aromatic rings. The summed E-state index contributed by atoms with van der Waals surface area (Å²) in [6.45, 7) is 2.74. The van der Waals surface area contributed by atoms with E-state index in [-0.39, 0.29) is 5.91 Å². The van der Waals surface area contributed by atoms with E-state index in [4.69, 9.17) is 9.47 Å². The molecule has 0 N–H and O–H groups in total. The van der Waals surface area contributed by atoms with Crippen molar-refractivity contribution in [3.8, 4) is 11.6 Å². The Labute approximate surface area is 156 Å². The fourth-order valence-electron chi connectivity index (χ4n) is 3.28. The third-order valence-electron chi connectivity index (χ3n) is 4.72. The molecule has 8 heteroatoms. The largest absolute Gasteiger partial charge is 0.495 e. The summed E-state index contributed by atoms with van der Waals surface area (Å²) >= 11 is 0. The van der Waals surface area contributed by atoms with Crippen LogP contribution in [0.25, 0.3) is 5.65 Å². The fraction of sp³-hybridized carbons (Fsp3) is 0.316. The number of para-hydroxylation sites is 2. The minimum atomic E-state index is -0.0841. The molecule has 1 aromatic carbocycles. The number of rotatable bonds is 4. The minimum Gasteiger partial charge on any atom is -0.495 e. The highest BCUT2D eigenvalue weighted by Crippen LogP contribution is 2.28. The molecule has 1 fully saturated rings. The van der Waals surface area contributed by atoms with E-state index in [9.17, 15) is 4.79 Å². The van der Waals surface area contributed by atoms with Gasteiger partial charge in [0.15, 0.2) is 5.65 Å². The molecule has 3 heterocycles. The first kappa shape index (κ1) is 17.1. The zero-order chi connectivity index (χ0) is 18.8. The van der Waals surface area contributed by atoms with Crippen LogP contribution < -0.4 is 14.4 Å². The van der Waals surface area contributed by atoms with Crippen LogP contribution in [0.3, 0.4) is 0 Å². The molecule has 1 saturated heterocycles. The van der Waals surface area contributed by atoms with Gasteiger partial charge in [-0.05, 0) is 18.2 Å². The maximum atomic E-state index is 12.8. The lowest BCUT2D eigenvalue weighted by molar-refractivity contribution is 0.0741. The number of amides is 1. The lowest BCUT2D eigenvalue weighted by atomic mass is 10.2. The third-order valence-corrected chi connectivity index (χ3v) is 4.72. The van der Waals surface area contributed by atoms with E-state index in [1.165, 1.54) is 0 Å². The monoisotopic (exact) mass is 367 g/mol. The van der Waals surface area contributed by atoms with E-state index < -0.39 is 0 Å². The van der Waals surface area contributed by atoms with E-state index in [0.29, 0.717) is 30.3 Å². The molecule has 140 valence electrons. The predicted octanol–water partition coefficient (Wildman–Crippen LogP) is 1.71. The topological polar surface area (TPSA) is 72.2 Å². The number of hydrogen-bond acceptors (Lipinski definition) is 6. The molecule has 0 aliphatic carbocycles. The number of carbonyl (C=O) groups is 1. The van der Waals surface area contributed by atoms with Crippen LogP contribution in [0.15, 0.2) is 42.6 Å². The highest BCUT2D eigenvalue weighted by Gasteiger charge is 2.25. The summed E-state index contributed by atoms with van der Waals surface area (Å²) in [7, 11) is 3.23. The summed E-state index contributed by atoms with van der Waals surface area (Å²) in [6, 6.07) is 11.4. The van der Waals surface area contributed by atoms with Crippen LogP contribution in [0.1, 0.15) is 10.5 Å². The Morgan fingerprint density at radius 2 is 1.78 bits per heavy atom. The number of benzene rings is 1. The van der Waals surface area contributed by atoms with Gasteiger partial charge >= 0.3 is 0 Å². The van der Waals surface area contributed by atoms with Gasteiger partial charge in [-0.25, -0.2) is 9.50 Å². The SMILES string of the molecule is COc1ccc2nc(C(=O)N3CCN(c4ccccc4OC)CC3)cn2n1. The van der Waals surface area contributed by atoms with Crippen molar-refractivity contribution in [2.45, 2.75) is 0 Å². The molecule has 0 saturated carbocycles. The maximum Gasteiger partial charge on any atom is 0.274 e. The highest BCUT2D eigenvalue weighted by molar-refractivity contribution is 5.93. The smallest absolute Gasteiger partial charge is 0.274 e. The van der Waals surface area contributed by atoms with E-state index in [2.05, 4.69) is 15.0 Å². The second kappa shape index (κ2) is 7.14. The quantitative estimate of drug-likeness (QED) is 0.699. The molecule has 4 rings (SSSR count). The van der Waals surface area contributed by atoms with Crippen LogP contribution in [0.4, 0.5) is 5.69 Å². The number of fused-ring (bicyclic) bond motifs is 1. The normalized spacial score (nSPS) is 14.4. The lowest BCUT2D eigenvalue weighted by Gasteiger charge is -2.36. The number of ether oxygens (including phenoxy) is 2. The van der Waals surface area contributed by atoms with Gasteiger partial charge < -0.3 is 19.3 Å². The van der Waals surface area contributed by atoms with Gasteiger partial charge in [0.25, 0.3) is 5.91 Å². The van der Waals surface area contributed by atoms with Gasteiger partial charge in [0.1, 0.15) is 11.4 Å². The van der Waals surface area contributed by atoms with Crippen molar-refractivity contribution in [2.24, 2.45) is 0 Å². The Kier molecular flexibility index (Phi) is 4.53. The van der Waals surface area contributed by atoms with Gasteiger partial charge in [0.05, 0.1) is 26.1 Å². The van der Waals surface area contributed by atoms with E-state index in [1.54, 1.807) is 37.1 Å². The molecule has 8 nitrogen and oxygen atoms in total. The molecule has 0 unspecified atom stereocenters.